The Balaban J connectivity index is 2.24. The lowest BCUT2D eigenvalue weighted by Gasteiger charge is -2.19. The van der Waals surface area contributed by atoms with E-state index in [1.165, 1.54) is 23.3 Å². The average molecular weight is 313 g/mol. The van der Waals surface area contributed by atoms with Crippen LogP contribution in [0.5, 0.6) is 0 Å². The first-order valence-corrected chi connectivity index (χ1v) is 7.78. The smallest absolute Gasteiger partial charge is 0.310 e. The Labute approximate surface area is 126 Å². The summed E-state index contributed by atoms with van der Waals surface area (Å²) < 4.78 is 38.3. The summed E-state index contributed by atoms with van der Waals surface area (Å²) in [6.45, 7) is 4.81. The molecular weight excluding hydrogens is 295 g/mol. The summed E-state index contributed by atoms with van der Waals surface area (Å²) in [5.41, 5.74) is 2.45. The highest BCUT2D eigenvalue weighted by Gasteiger charge is 2.30. The molecule has 1 unspecified atom stereocenters. The number of thiophene rings is 1. The Morgan fingerprint density at radius 2 is 2.00 bits per heavy atom. The predicted molar refractivity (Wildman–Crippen MR) is 80.6 cm³/mol. The van der Waals surface area contributed by atoms with Crippen LogP contribution in [0.3, 0.4) is 0 Å². The van der Waals surface area contributed by atoms with Crippen LogP contribution in [-0.2, 0) is 12.6 Å². The van der Waals surface area contributed by atoms with Crippen LogP contribution in [0.1, 0.15) is 35.2 Å². The fourth-order valence-corrected chi connectivity index (χ4v) is 3.28. The molecule has 1 aromatic carbocycles. The number of halogens is 3. The van der Waals surface area contributed by atoms with Gasteiger partial charge in [-0.3, -0.25) is 0 Å². The summed E-state index contributed by atoms with van der Waals surface area (Å²) in [6.07, 6.45) is -3.74. The second-order valence-electron chi connectivity index (χ2n) is 5.02. The van der Waals surface area contributed by atoms with Gasteiger partial charge in [-0.15, -0.1) is 0 Å². The van der Waals surface area contributed by atoms with Crippen molar-refractivity contribution in [3.8, 4) is 0 Å². The second-order valence-corrected chi connectivity index (χ2v) is 5.77. The molecule has 114 valence electrons. The fourth-order valence-electron chi connectivity index (χ4n) is 2.38. The van der Waals surface area contributed by atoms with Gasteiger partial charge in [0.25, 0.3) is 0 Å². The van der Waals surface area contributed by atoms with Crippen LogP contribution in [-0.4, -0.2) is 6.54 Å². The Kier molecular flexibility index (Phi) is 5.06. The van der Waals surface area contributed by atoms with Gasteiger partial charge in [0.1, 0.15) is 0 Å². The monoisotopic (exact) mass is 313 g/mol. The molecule has 21 heavy (non-hydrogen) atoms. The van der Waals surface area contributed by atoms with Crippen LogP contribution in [0.4, 0.5) is 13.2 Å². The minimum Gasteiger partial charge on any atom is -0.310 e. The summed E-state index contributed by atoms with van der Waals surface area (Å²) >= 11 is 1.62. The molecule has 0 fully saturated rings. The van der Waals surface area contributed by atoms with Crippen molar-refractivity contribution in [3.63, 3.8) is 0 Å². The third-order valence-electron chi connectivity index (χ3n) is 3.42. The summed E-state index contributed by atoms with van der Waals surface area (Å²) in [4.78, 5) is 0. The Hall–Kier alpha value is -1.33. The lowest BCUT2D eigenvalue weighted by atomic mass is 9.97. The molecule has 1 nitrogen and oxygen atoms in total. The molecular formula is C16H18F3NS. The zero-order valence-corrected chi connectivity index (χ0v) is 12.8. The molecule has 0 bridgehead atoms. The first-order chi connectivity index (χ1) is 9.91. The molecule has 1 atom stereocenters. The molecule has 0 amide bonds. The third-order valence-corrected chi connectivity index (χ3v) is 4.29. The number of alkyl halides is 3. The molecule has 0 saturated heterocycles. The van der Waals surface area contributed by atoms with Crippen LogP contribution in [0, 0.1) is 6.92 Å². The predicted octanol–water partition coefficient (Wildman–Crippen LogP) is 4.97. The minimum absolute atomic E-state index is 0.0460. The molecule has 2 aromatic rings. The van der Waals surface area contributed by atoms with E-state index in [1.807, 2.05) is 13.8 Å². The Morgan fingerprint density at radius 1 is 1.24 bits per heavy atom. The van der Waals surface area contributed by atoms with E-state index < -0.39 is 11.7 Å². The van der Waals surface area contributed by atoms with Gasteiger partial charge in [0.2, 0.25) is 0 Å². The normalized spacial score (nSPS) is 13.4. The zero-order chi connectivity index (χ0) is 15.5. The largest absolute Gasteiger partial charge is 0.416 e. The Bertz CT molecular complexity index is 589. The van der Waals surface area contributed by atoms with E-state index in [0.29, 0.717) is 12.0 Å². The van der Waals surface area contributed by atoms with E-state index in [4.69, 9.17) is 0 Å². The van der Waals surface area contributed by atoms with E-state index >= 15 is 0 Å². The van der Waals surface area contributed by atoms with Crippen molar-refractivity contribution in [2.24, 2.45) is 0 Å². The van der Waals surface area contributed by atoms with Crippen LogP contribution >= 0.6 is 11.3 Å². The summed E-state index contributed by atoms with van der Waals surface area (Å²) in [5, 5.41) is 7.49. The van der Waals surface area contributed by atoms with Crippen molar-refractivity contribution in [3.05, 3.63) is 57.3 Å². The van der Waals surface area contributed by atoms with E-state index in [1.54, 1.807) is 17.4 Å². The molecule has 0 aliphatic rings. The highest BCUT2D eigenvalue weighted by atomic mass is 32.1. The number of hydrogen-bond acceptors (Lipinski definition) is 2. The minimum atomic E-state index is -4.29. The summed E-state index contributed by atoms with van der Waals surface area (Å²) in [6, 6.07) is 5.63. The molecule has 0 spiro atoms. The van der Waals surface area contributed by atoms with Gasteiger partial charge < -0.3 is 5.32 Å². The third kappa shape index (κ3) is 4.08. The number of nitrogens with one attached hydrogen (secondary N) is 1. The van der Waals surface area contributed by atoms with Gasteiger partial charge in [-0.1, -0.05) is 25.1 Å². The summed E-state index contributed by atoms with van der Waals surface area (Å²) in [7, 11) is 0. The van der Waals surface area contributed by atoms with Crippen molar-refractivity contribution in [2.75, 3.05) is 6.54 Å². The lowest BCUT2D eigenvalue weighted by Crippen LogP contribution is -2.23. The van der Waals surface area contributed by atoms with Gasteiger partial charge in [-0.05, 0) is 53.4 Å². The van der Waals surface area contributed by atoms with Crippen LogP contribution in [0.15, 0.2) is 35.0 Å². The highest BCUT2D eigenvalue weighted by molar-refractivity contribution is 7.08. The van der Waals surface area contributed by atoms with Crippen molar-refractivity contribution in [1.29, 1.82) is 0 Å². The average Bonchev–Trinajstić information content (AvgIpc) is 2.84. The van der Waals surface area contributed by atoms with Crippen molar-refractivity contribution < 1.29 is 13.2 Å². The maximum atomic E-state index is 12.8. The molecule has 0 radical (unpaired) electrons. The number of benzene rings is 1. The topological polar surface area (TPSA) is 12.0 Å². The first-order valence-electron chi connectivity index (χ1n) is 6.84. The molecule has 1 heterocycles. The van der Waals surface area contributed by atoms with Crippen molar-refractivity contribution >= 4 is 11.3 Å². The molecule has 2 rings (SSSR count). The van der Waals surface area contributed by atoms with Crippen molar-refractivity contribution in [2.45, 2.75) is 32.5 Å². The van der Waals surface area contributed by atoms with Gasteiger partial charge >= 0.3 is 6.18 Å². The van der Waals surface area contributed by atoms with Crippen LogP contribution < -0.4 is 5.32 Å². The van der Waals surface area contributed by atoms with Crippen LogP contribution in [0.25, 0.3) is 0 Å². The SMILES string of the molecule is CCNC(Cc1cccc(C(F)(F)F)c1)c1cscc1C. The maximum absolute atomic E-state index is 12.8. The van der Waals surface area contributed by atoms with Gasteiger partial charge in [0.15, 0.2) is 0 Å². The van der Waals surface area contributed by atoms with Crippen molar-refractivity contribution in [1.82, 2.24) is 5.32 Å². The van der Waals surface area contributed by atoms with E-state index in [9.17, 15) is 13.2 Å². The number of aryl methyl sites for hydroxylation is 1. The number of rotatable bonds is 5. The van der Waals surface area contributed by atoms with Gasteiger partial charge in [0.05, 0.1) is 5.56 Å². The van der Waals surface area contributed by atoms with E-state index in [0.717, 1.165) is 12.6 Å². The molecule has 1 N–H and O–H groups in total. The van der Waals surface area contributed by atoms with Gasteiger partial charge in [0, 0.05) is 6.04 Å². The standard InChI is InChI=1S/C16H18F3NS/c1-3-20-15(14-10-21-9-11(14)2)8-12-5-4-6-13(7-12)16(17,18)19/h4-7,9-10,15,20H,3,8H2,1-2H3. The highest BCUT2D eigenvalue weighted by Crippen LogP contribution is 2.31. The number of likely N-dealkylation sites (N-methyl/N-ethyl adjacent to an activating group) is 1. The summed E-state index contributed by atoms with van der Waals surface area (Å²) in [5.74, 6) is 0. The van der Waals surface area contributed by atoms with E-state index in [-0.39, 0.29) is 6.04 Å². The fraction of sp³-hybridized carbons (Fsp3) is 0.375. The molecule has 5 heteroatoms. The Morgan fingerprint density at radius 3 is 2.57 bits per heavy atom. The molecule has 1 aromatic heterocycles. The molecule has 0 aliphatic heterocycles. The number of hydrogen-bond donors (Lipinski definition) is 1. The second kappa shape index (κ2) is 6.62. The van der Waals surface area contributed by atoms with Crippen LogP contribution in [0.2, 0.25) is 0 Å². The van der Waals surface area contributed by atoms with Gasteiger partial charge in [-0.2, -0.15) is 24.5 Å². The maximum Gasteiger partial charge on any atom is 0.416 e. The van der Waals surface area contributed by atoms with Gasteiger partial charge in [-0.25, -0.2) is 0 Å². The zero-order valence-electron chi connectivity index (χ0n) is 12.0. The molecule has 0 aliphatic carbocycles. The lowest BCUT2D eigenvalue weighted by molar-refractivity contribution is -0.137. The molecule has 0 saturated carbocycles. The quantitative estimate of drug-likeness (QED) is 0.822. The first kappa shape index (κ1) is 16.0. The van der Waals surface area contributed by atoms with E-state index in [2.05, 4.69) is 16.1 Å².